The van der Waals surface area contributed by atoms with E-state index in [4.69, 9.17) is 0 Å². The Labute approximate surface area is 122 Å². The Morgan fingerprint density at radius 2 is 2.30 bits per heavy atom. The fourth-order valence-electron chi connectivity index (χ4n) is 1.68. The van der Waals surface area contributed by atoms with Crippen molar-refractivity contribution in [3.63, 3.8) is 0 Å². The molecule has 0 spiro atoms. The summed E-state index contributed by atoms with van der Waals surface area (Å²) in [5, 5.41) is 24.5. The van der Waals surface area contributed by atoms with Crippen LogP contribution in [0.4, 0.5) is 0 Å². The molecule has 6 nitrogen and oxygen atoms in total. The van der Waals surface area contributed by atoms with Crippen molar-refractivity contribution in [2.24, 2.45) is 7.05 Å². The highest BCUT2D eigenvalue weighted by Crippen LogP contribution is 2.28. The zero-order chi connectivity index (χ0) is 14.4. The lowest BCUT2D eigenvalue weighted by atomic mass is 10.1. The summed E-state index contributed by atoms with van der Waals surface area (Å²) in [5.74, 6) is 0. The van der Waals surface area contributed by atoms with E-state index < -0.39 is 0 Å². The number of nitrogens with one attached hydrogen (secondary N) is 1. The summed E-state index contributed by atoms with van der Waals surface area (Å²) >= 11 is 1.39. The third-order valence-electron chi connectivity index (χ3n) is 2.70. The first-order valence-corrected chi connectivity index (χ1v) is 7.20. The number of benzene rings is 1. The number of tetrazole rings is 1. The molecule has 1 heterocycles. The van der Waals surface area contributed by atoms with Crippen molar-refractivity contribution in [3.8, 4) is 6.07 Å². The average Bonchev–Trinajstić information content (AvgIpc) is 2.86. The van der Waals surface area contributed by atoms with Crippen LogP contribution in [0.5, 0.6) is 0 Å². The molecule has 0 radical (unpaired) electrons. The third-order valence-corrected chi connectivity index (χ3v) is 3.81. The number of aryl methyl sites for hydroxylation is 1. The Kier molecular flexibility index (Phi) is 5.09. The van der Waals surface area contributed by atoms with E-state index in [9.17, 15) is 5.26 Å². The molecule has 0 aliphatic carbocycles. The number of rotatable bonds is 6. The number of nitrogens with zero attached hydrogens (tertiary/aromatic N) is 5. The van der Waals surface area contributed by atoms with Gasteiger partial charge in [0.15, 0.2) is 0 Å². The van der Waals surface area contributed by atoms with Gasteiger partial charge in [0.05, 0.1) is 5.56 Å². The van der Waals surface area contributed by atoms with E-state index >= 15 is 0 Å². The van der Waals surface area contributed by atoms with Crippen LogP contribution in [0.15, 0.2) is 28.3 Å². The van der Waals surface area contributed by atoms with Gasteiger partial charge in [-0.1, -0.05) is 13.0 Å². The van der Waals surface area contributed by atoms with Crippen LogP contribution in [0, 0.1) is 11.3 Å². The standard InChI is InChI=1S/C13H16N6S/c1-3-6-15-9-10-4-5-12(11(7-10)8-14)20-13-16-17-18-19(13)2/h4-5,7,15H,3,6,9H2,1-2H3. The van der Waals surface area contributed by atoms with Crippen LogP contribution < -0.4 is 5.32 Å². The third kappa shape index (κ3) is 3.56. The molecule has 1 aromatic heterocycles. The SMILES string of the molecule is CCCNCc1ccc(Sc2nnnn2C)c(C#N)c1. The van der Waals surface area contributed by atoms with E-state index in [0.29, 0.717) is 10.7 Å². The van der Waals surface area contributed by atoms with Crippen molar-refractivity contribution in [3.05, 3.63) is 29.3 Å². The van der Waals surface area contributed by atoms with Gasteiger partial charge in [-0.05, 0) is 52.9 Å². The Bertz CT molecular complexity index is 616. The normalized spacial score (nSPS) is 10.4. The second kappa shape index (κ2) is 7.03. The van der Waals surface area contributed by atoms with Crippen LogP contribution in [-0.4, -0.2) is 26.8 Å². The quantitative estimate of drug-likeness (QED) is 0.816. The minimum Gasteiger partial charge on any atom is -0.313 e. The van der Waals surface area contributed by atoms with Crippen molar-refractivity contribution in [2.45, 2.75) is 29.9 Å². The average molecular weight is 288 g/mol. The lowest BCUT2D eigenvalue weighted by Gasteiger charge is -2.07. The molecule has 7 heteroatoms. The molecular formula is C13H16N6S. The fourth-order valence-corrected chi connectivity index (χ4v) is 2.47. The van der Waals surface area contributed by atoms with E-state index in [1.165, 1.54) is 11.8 Å². The van der Waals surface area contributed by atoms with Gasteiger partial charge >= 0.3 is 0 Å². The molecule has 1 aromatic carbocycles. The van der Waals surface area contributed by atoms with Gasteiger partial charge < -0.3 is 5.32 Å². The van der Waals surface area contributed by atoms with Gasteiger partial charge in [0.2, 0.25) is 5.16 Å². The summed E-state index contributed by atoms with van der Waals surface area (Å²) in [6.45, 7) is 3.88. The highest BCUT2D eigenvalue weighted by Gasteiger charge is 2.09. The molecule has 2 aromatic rings. The molecule has 0 saturated heterocycles. The van der Waals surface area contributed by atoms with Gasteiger partial charge in [-0.3, -0.25) is 0 Å². The lowest BCUT2D eigenvalue weighted by Crippen LogP contribution is -2.13. The number of hydrogen-bond acceptors (Lipinski definition) is 6. The maximum absolute atomic E-state index is 9.27. The summed E-state index contributed by atoms with van der Waals surface area (Å²) in [6, 6.07) is 8.11. The highest BCUT2D eigenvalue weighted by atomic mass is 32.2. The van der Waals surface area contributed by atoms with Crippen molar-refractivity contribution < 1.29 is 0 Å². The Hall–Kier alpha value is -1.91. The van der Waals surface area contributed by atoms with Gasteiger partial charge in [0.25, 0.3) is 0 Å². The van der Waals surface area contributed by atoms with Crippen molar-refractivity contribution in [1.29, 1.82) is 5.26 Å². The zero-order valence-electron chi connectivity index (χ0n) is 11.5. The van der Waals surface area contributed by atoms with Crippen LogP contribution in [-0.2, 0) is 13.6 Å². The largest absolute Gasteiger partial charge is 0.313 e. The predicted octanol–water partition coefficient (Wildman–Crippen LogP) is 1.73. The Morgan fingerprint density at radius 1 is 1.45 bits per heavy atom. The highest BCUT2D eigenvalue weighted by molar-refractivity contribution is 7.99. The first-order valence-electron chi connectivity index (χ1n) is 6.38. The summed E-state index contributed by atoms with van der Waals surface area (Å²) in [4.78, 5) is 0.865. The first-order chi connectivity index (χ1) is 9.74. The van der Waals surface area contributed by atoms with Gasteiger partial charge in [-0.2, -0.15) is 5.26 Å². The predicted molar refractivity (Wildman–Crippen MR) is 76.1 cm³/mol. The molecule has 20 heavy (non-hydrogen) atoms. The molecule has 1 N–H and O–H groups in total. The van der Waals surface area contributed by atoms with Crippen molar-refractivity contribution in [2.75, 3.05) is 6.54 Å². The van der Waals surface area contributed by atoms with Crippen LogP contribution in [0.1, 0.15) is 24.5 Å². The minimum atomic E-state index is 0.647. The zero-order valence-corrected chi connectivity index (χ0v) is 12.3. The van der Waals surface area contributed by atoms with E-state index in [1.807, 2.05) is 18.2 Å². The summed E-state index contributed by atoms with van der Waals surface area (Å²) in [6.07, 6.45) is 1.10. The second-order valence-corrected chi connectivity index (χ2v) is 5.32. The van der Waals surface area contributed by atoms with E-state index in [2.05, 4.69) is 33.8 Å². The van der Waals surface area contributed by atoms with Crippen molar-refractivity contribution >= 4 is 11.8 Å². The van der Waals surface area contributed by atoms with Crippen LogP contribution in [0.3, 0.4) is 0 Å². The lowest BCUT2D eigenvalue weighted by molar-refractivity contribution is 0.664. The van der Waals surface area contributed by atoms with Crippen molar-refractivity contribution in [1.82, 2.24) is 25.5 Å². The van der Waals surface area contributed by atoms with E-state index in [0.717, 1.165) is 30.0 Å². The molecule has 0 fully saturated rings. The van der Waals surface area contributed by atoms with Crippen LogP contribution in [0.25, 0.3) is 0 Å². The van der Waals surface area contributed by atoms with Gasteiger partial charge in [-0.25, -0.2) is 4.68 Å². The number of aromatic nitrogens is 4. The van der Waals surface area contributed by atoms with E-state index in [-0.39, 0.29) is 0 Å². The smallest absolute Gasteiger partial charge is 0.213 e. The molecular weight excluding hydrogens is 272 g/mol. The molecule has 0 bridgehead atoms. The molecule has 0 amide bonds. The van der Waals surface area contributed by atoms with Crippen LogP contribution in [0.2, 0.25) is 0 Å². The van der Waals surface area contributed by atoms with Gasteiger partial charge in [0, 0.05) is 18.5 Å². The van der Waals surface area contributed by atoms with Gasteiger partial charge in [0.1, 0.15) is 6.07 Å². The number of hydrogen-bond donors (Lipinski definition) is 1. The maximum Gasteiger partial charge on any atom is 0.213 e. The van der Waals surface area contributed by atoms with Gasteiger partial charge in [-0.15, -0.1) is 5.10 Å². The topological polar surface area (TPSA) is 79.4 Å². The molecule has 0 unspecified atom stereocenters. The minimum absolute atomic E-state index is 0.647. The van der Waals surface area contributed by atoms with Crippen LogP contribution >= 0.6 is 11.8 Å². The molecule has 104 valence electrons. The molecule has 0 atom stereocenters. The van der Waals surface area contributed by atoms with E-state index in [1.54, 1.807) is 11.7 Å². The molecule has 2 rings (SSSR count). The summed E-state index contributed by atoms with van der Waals surface area (Å²) in [7, 11) is 1.78. The second-order valence-electron chi connectivity index (χ2n) is 4.31. The summed E-state index contributed by atoms with van der Waals surface area (Å²) < 4.78 is 1.59. The Morgan fingerprint density at radius 3 is 2.95 bits per heavy atom. The molecule has 0 saturated carbocycles. The Balaban J connectivity index is 2.14. The monoisotopic (exact) mass is 288 g/mol. The fraction of sp³-hybridized carbons (Fsp3) is 0.385. The maximum atomic E-state index is 9.27. The molecule has 0 aliphatic rings. The number of nitriles is 1. The summed E-state index contributed by atoms with van der Waals surface area (Å²) in [5.41, 5.74) is 1.75. The first kappa shape index (κ1) is 14.5. The molecule has 0 aliphatic heterocycles.